The molecule has 0 unspecified atom stereocenters. The normalized spacial score (nSPS) is 12.3. The third kappa shape index (κ3) is 3.30. The van der Waals surface area contributed by atoms with Crippen LogP contribution in [0.3, 0.4) is 0 Å². The van der Waals surface area contributed by atoms with Crippen molar-refractivity contribution in [2.45, 2.75) is 72.0 Å². The molecule has 0 amide bonds. The maximum Gasteiger partial charge on any atom is 0.191 e. The van der Waals surface area contributed by atoms with Gasteiger partial charge in [-0.2, -0.15) is 0 Å². The van der Waals surface area contributed by atoms with Crippen LogP contribution in [0.5, 0.6) is 0 Å². The number of thiocarbonyl (C=S) groups is 1. The van der Waals surface area contributed by atoms with Gasteiger partial charge in [0.15, 0.2) is 5.05 Å². The van der Waals surface area contributed by atoms with E-state index in [0.717, 1.165) is 5.56 Å². The third-order valence-corrected chi connectivity index (χ3v) is 12.7. The quantitative estimate of drug-likeness (QED) is 0.494. The van der Waals surface area contributed by atoms with Gasteiger partial charge in [-0.3, -0.25) is 0 Å². The van der Waals surface area contributed by atoms with Gasteiger partial charge < -0.3 is 4.74 Å². The second-order valence-corrected chi connectivity index (χ2v) is 13.3. The highest BCUT2D eigenvalue weighted by Crippen LogP contribution is 2.41. The van der Waals surface area contributed by atoms with Crippen LogP contribution >= 0.6 is 12.2 Å². The Bertz CT molecular complexity index is 498. The van der Waals surface area contributed by atoms with E-state index < -0.39 is 8.07 Å². The van der Waals surface area contributed by atoms with E-state index in [9.17, 15) is 0 Å². The molecule has 124 valence electrons. The molecule has 3 heteroatoms. The fourth-order valence-corrected chi connectivity index (χ4v) is 11.8. The molecule has 0 fully saturated rings. The topological polar surface area (TPSA) is 9.23 Å². The lowest BCUT2D eigenvalue weighted by Crippen LogP contribution is -2.56. The van der Waals surface area contributed by atoms with E-state index in [-0.39, 0.29) is 0 Å². The largest absolute Gasteiger partial charge is 0.483 e. The maximum absolute atomic E-state index is 5.60. The van der Waals surface area contributed by atoms with Crippen molar-refractivity contribution in [3.05, 3.63) is 29.3 Å². The average molecular weight is 337 g/mol. The fraction of sp³-hybridized carbons (Fsp3) is 0.632. The van der Waals surface area contributed by atoms with Gasteiger partial charge in [0.25, 0.3) is 0 Å². The summed E-state index contributed by atoms with van der Waals surface area (Å²) in [7, 11) is -1.66. The van der Waals surface area contributed by atoms with Gasteiger partial charge in [-0.05, 0) is 48.3 Å². The van der Waals surface area contributed by atoms with Crippen LogP contribution in [0.1, 0.15) is 59.6 Å². The molecule has 0 aliphatic heterocycles. The van der Waals surface area contributed by atoms with Crippen molar-refractivity contribution >= 4 is 30.5 Å². The number of hydrogen-bond acceptors (Lipinski definition) is 2. The molecule has 1 nitrogen and oxygen atoms in total. The second kappa shape index (κ2) is 7.74. The highest BCUT2D eigenvalue weighted by Gasteiger charge is 2.45. The average Bonchev–Trinajstić information content (AvgIpc) is 2.40. The lowest BCUT2D eigenvalue weighted by atomic mass is 10.1. The zero-order chi connectivity index (χ0) is 17.1. The predicted molar refractivity (Wildman–Crippen MR) is 105 cm³/mol. The summed E-state index contributed by atoms with van der Waals surface area (Å²) in [6.45, 7) is 19.3. The monoisotopic (exact) mass is 336 g/mol. The smallest absolute Gasteiger partial charge is 0.191 e. The summed E-state index contributed by atoms with van der Waals surface area (Å²) in [6, 6.07) is 6.62. The number of benzene rings is 1. The Balaban J connectivity index is 3.58. The summed E-state index contributed by atoms with van der Waals surface area (Å²) in [4.78, 5) is 0. The van der Waals surface area contributed by atoms with E-state index in [0.29, 0.717) is 28.3 Å². The van der Waals surface area contributed by atoms with Crippen LogP contribution in [0.4, 0.5) is 0 Å². The van der Waals surface area contributed by atoms with Crippen molar-refractivity contribution in [3.63, 3.8) is 0 Å². The molecule has 0 N–H and O–H groups in total. The van der Waals surface area contributed by atoms with Crippen molar-refractivity contribution in [2.24, 2.45) is 0 Å². The minimum absolute atomic E-state index is 0.629. The van der Waals surface area contributed by atoms with Gasteiger partial charge in [0.1, 0.15) is 0 Å². The lowest BCUT2D eigenvalue weighted by molar-refractivity contribution is 0.337. The van der Waals surface area contributed by atoms with E-state index in [1.165, 1.54) is 5.56 Å². The van der Waals surface area contributed by atoms with Crippen LogP contribution < -0.4 is 5.19 Å². The van der Waals surface area contributed by atoms with Crippen LogP contribution in [0, 0.1) is 6.92 Å². The highest BCUT2D eigenvalue weighted by atomic mass is 32.1. The number of ether oxygens (including phenoxy) is 1. The van der Waals surface area contributed by atoms with Crippen molar-refractivity contribution in [3.8, 4) is 0 Å². The predicted octanol–water partition coefficient (Wildman–Crippen LogP) is 5.59. The maximum atomic E-state index is 5.60. The number of hydrogen-bond donors (Lipinski definition) is 0. The van der Waals surface area contributed by atoms with Crippen LogP contribution in [0.15, 0.2) is 18.2 Å². The summed E-state index contributed by atoms with van der Waals surface area (Å²) >= 11 is 5.48. The fourth-order valence-electron chi connectivity index (χ4n) is 4.47. The molecule has 0 saturated carbocycles. The lowest BCUT2D eigenvalue weighted by Gasteiger charge is -2.44. The molecular weight excluding hydrogens is 304 g/mol. The van der Waals surface area contributed by atoms with Crippen LogP contribution in [0.2, 0.25) is 16.6 Å². The molecule has 0 aromatic heterocycles. The molecule has 0 bridgehead atoms. The van der Waals surface area contributed by atoms with E-state index >= 15 is 0 Å². The Labute approximate surface area is 143 Å². The number of rotatable bonds is 6. The van der Waals surface area contributed by atoms with E-state index in [2.05, 4.69) is 66.7 Å². The summed E-state index contributed by atoms with van der Waals surface area (Å²) in [6.07, 6.45) is 0. The SMILES string of the molecule is CCOC(=S)c1cccc([Si](C(C)C)(C(C)C)C(C)C)c1C. The summed E-state index contributed by atoms with van der Waals surface area (Å²) in [5.74, 6) is 0. The molecule has 0 atom stereocenters. The zero-order valence-corrected chi connectivity index (χ0v) is 17.3. The first kappa shape index (κ1) is 19.4. The molecule has 0 radical (unpaired) electrons. The van der Waals surface area contributed by atoms with E-state index in [1.807, 2.05) is 6.92 Å². The van der Waals surface area contributed by atoms with Crippen molar-refractivity contribution in [2.75, 3.05) is 6.61 Å². The van der Waals surface area contributed by atoms with Crippen LogP contribution in [-0.4, -0.2) is 19.7 Å². The first-order valence-electron chi connectivity index (χ1n) is 8.48. The second-order valence-electron chi connectivity index (χ2n) is 7.10. The molecule has 1 aromatic rings. The first-order chi connectivity index (χ1) is 10.2. The third-order valence-electron chi connectivity index (χ3n) is 5.16. The molecule has 1 aromatic carbocycles. The van der Waals surface area contributed by atoms with E-state index in [4.69, 9.17) is 17.0 Å². The van der Waals surface area contributed by atoms with E-state index in [1.54, 1.807) is 5.19 Å². The van der Waals surface area contributed by atoms with Crippen LogP contribution in [-0.2, 0) is 4.74 Å². The molecule has 1 rings (SSSR count). The summed E-state index contributed by atoms with van der Waals surface area (Å²) in [5, 5.41) is 2.20. The molecule has 22 heavy (non-hydrogen) atoms. The Morgan fingerprint density at radius 1 is 1.05 bits per heavy atom. The molecule has 0 aliphatic carbocycles. The molecule has 0 aliphatic rings. The highest BCUT2D eigenvalue weighted by molar-refractivity contribution is 7.80. The van der Waals surface area contributed by atoms with Gasteiger partial charge in [0.05, 0.1) is 14.7 Å². The molecule has 0 saturated heterocycles. The minimum atomic E-state index is -1.66. The molecule has 0 heterocycles. The first-order valence-corrected chi connectivity index (χ1v) is 11.1. The van der Waals surface area contributed by atoms with Gasteiger partial charge in [-0.25, -0.2) is 0 Å². The van der Waals surface area contributed by atoms with Crippen molar-refractivity contribution in [1.29, 1.82) is 0 Å². The Kier molecular flexibility index (Phi) is 6.81. The summed E-state index contributed by atoms with van der Waals surface area (Å²) in [5.41, 5.74) is 4.53. The van der Waals surface area contributed by atoms with Crippen molar-refractivity contribution < 1.29 is 4.74 Å². The van der Waals surface area contributed by atoms with Gasteiger partial charge in [-0.1, -0.05) is 64.9 Å². The zero-order valence-electron chi connectivity index (χ0n) is 15.5. The van der Waals surface area contributed by atoms with Gasteiger partial charge >= 0.3 is 0 Å². The Hall–Kier alpha value is -0.673. The molecular formula is C19H32OSSi. The Morgan fingerprint density at radius 2 is 1.55 bits per heavy atom. The summed E-state index contributed by atoms with van der Waals surface area (Å²) < 4.78 is 5.60. The van der Waals surface area contributed by atoms with Gasteiger partial charge in [0.2, 0.25) is 0 Å². The van der Waals surface area contributed by atoms with Crippen LogP contribution in [0.25, 0.3) is 0 Å². The van der Waals surface area contributed by atoms with Gasteiger partial charge in [-0.15, -0.1) is 0 Å². The molecule has 0 spiro atoms. The van der Waals surface area contributed by atoms with Gasteiger partial charge in [0, 0.05) is 5.56 Å². The van der Waals surface area contributed by atoms with Crippen molar-refractivity contribution in [1.82, 2.24) is 0 Å². The Morgan fingerprint density at radius 3 is 1.95 bits per heavy atom. The standard InChI is InChI=1S/C19H32OSSi/c1-9-20-19(21)17-11-10-12-18(16(17)8)22(13(2)3,14(4)5)15(6)7/h10-15H,9H2,1-8H3. The minimum Gasteiger partial charge on any atom is -0.483 e.